The fourth-order valence-corrected chi connectivity index (χ4v) is 5.53. The maximum atomic E-state index is 13.9. The number of likely N-dealkylation sites (tertiary alicyclic amines) is 2. The summed E-state index contributed by atoms with van der Waals surface area (Å²) in [5, 5.41) is 25.6. The van der Waals surface area contributed by atoms with Crippen LogP contribution in [0.15, 0.2) is 16.8 Å². The van der Waals surface area contributed by atoms with Crippen molar-refractivity contribution in [3.63, 3.8) is 0 Å². The summed E-state index contributed by atoms with van der Waals surface area (Å²) in [5.41, 5.74) is 22.8. The Morgan fingerprint density at radius 2 is 1.60 bits per heavy atom. The van der Waals surface area contributed by atoms with E-state index in [9.17, 15) is 33.9 Å². The molecule has 0 radical (unpaired) electrons. The largest absolute Gasteiger partial charge is 0.480 e. The fraction of sp³-hybridized carbons (Fsp3) is 0.690. The van der Waals surface area contributed by atoms with Crippen molar-refractivity contribution in [2.24, 2.45) is 33.8 Å². The number of carboxylic acid groups (broad SMARTS) is 1. The molecule has 2 heterocycles. The molecule has 2 rings (SSSR count). The van der Waals surface area contributed by atoms with Crippen molar-refractivity contribution in [2.75, 3.05) is 26.2 Å². The van der Waals surface area contributed by atoms with E-state index in [1.165, 1.54) is 22.8 Å². The van der Waals surface area contributed by atoms with E-state index >= 15 is 0 Å². The van der Waals surface area contributed by atoms with E-state index in [0.29, 0.717) is 38.5 Å². The molecular formula is C29H50N10O8. The number of carboxylic acids is 1. The van der Waals surface area contributed by atoms with Gasteiger partial charge in [-0.3, -0.25) is 29.0 Å². The standard InChI is InChI=1S/C29H50N10O8/c1-4-17(23(41)36-18(14-40)28(46)47)35-24(42)19-9-7-13-38(19)26(44)20-8-5-6-12-39(20)27(45)22(16(3)30)37-25(43)21(31)15(2)10-11-34-29(32)33/h4,15-16,18-22,40H,5-14,30-31H2,1-3H3,(H,35,42)(H,36,41)(H,37,43)(H,46,47)(H4,32,33,34)/t15-,16-,18+,19+,20+,21+,22+/m1/s1. The molecule has 0 unspecified atom stereocenters. The van der Waals surface area contributed by atoms with Crippen molar-refractivity contribution in [1.29, 1.82) is 0 Å². The van der Waals surface area contributed by atoms with Crippen LogP contribution in [0.5, 0.6) is 0 Å². The third-order valence-corrected chi connectivity index (χ3v) is 8.37. The molecule has 5 amide bonds. The number of carbonyl (C=O) groups is 6. The Hall–Kier alpha value is -4.29. The normalized spacial score (nSPS) is 21.4. The molecule has 0 aromatic carbocycles. The number of nitrogens with one attached hydrogen (secondary N) is 3. The van der Waals surface area contributed by atoms with Gasteiger partial charge in [-0.2, -0.15) is 0 Å². The van der Waals surface area contributed by atoms with Gasteiger partial charge in [0.15, 0.2) is 12.0 Å². The lowest BCUT2D eigenvalue weighted by Gasteiger charge is -2.40. The summed E-state index contributed by atoms with van der Waals surface area (Å²) in [7, 11) is 0. The lowest BCUT2D eigenvalue weighted by molar-refractivity contribution is -0.151. The molecule has 264 valence electrons. The van der Waals surface area contributed by atoms with Crippen LogP contribution in [0.1, 0.15) is 59.3 Å². The minimum absolute atomic E-state index is 0.0794. The number of aliphatic hydroxyl groups excluding tert-OH is 1. The monoisotopic (exact) mass is 666 g/mol. The first-order valence-corrected chi connectivity index (χ1v) is 15.7. The SMILES string of the molecule is CC=C(NC(=O)[C@@H]1CCCN1C(=O)[C@@H]1CCCCN1C(=O)[C@@H](NC(=O)[C@@H](N)[C@H](C)CCN=C(N)N)[C@@H](C)N)C(=O)N[C@@H](CO)C(=O)O. The molecule has 0 aromatic heterocycles. The van der Waals surface area contributed by atoms with Crippen molar-refractivity contribution >= 4 is 41.5 Å². The fourth-order valence-electron chi connectivity index (χ4n) is 5.53. The number of hydrogen-bond acceptors (Lipinski definition) is 10. The van der Waals surface area contributed by atoms with E-state index in [2.05, 4.69) is 20.9 Å². The summed E-state index contributed by atoms with van der Waals surface area (Å²) in [5.74, 6) is -5.03. The Bertz CT molecular complexity index is 1220. The Morgan fingerprint density at radius 3 is 2.17 bits per heavy atom. The number of piperidine rings is 1. The molecule has 0 bridgehead atoms. The zero-order valence-corrected chi connectivity index (χ0v) is 27.2. The Kier molecular flexibility index (Phi) is 15.0. The lowest BCUT2D eigenvalue weighted by Crippen LogP contribution is -2.63. The third kappa shape index (κ3) is 10.6. The molecule has 2 aliphatic rings. The zero-order chi connectivity index (χ0) is 35.4. The molecule has 2 saturated heterocycles. The van der Waals surface area contributed by atoms with Crippen LogP contribution in [0, 0.1) is 5.92 Å². The predicted octanol–water partition coefficient (Wildman–Crippen LogP) is -3.60. The second kappa shape index (κ2) is 18.2. The number of nitrogens with zero attached hydrogens (tertiary/aromatic N) is 3. The van der Waals surface area contributed by atoms with E-state index < -0.39 is 78.4 Å². The molecule has 0 aliphatic carbocycles. The summed E-state index contributed by atoms with van der Waals surface area (Å²) < 4.78 is 0. The minimum atomic E-state index is -1.58. The number of hydrogen-bond donors (Lipinski definition) is 9. The molecule has 7 atom stereocenters. The van der Waals surface area contributed by atoms with Gasteiger partial charge in [0.2, 0.25) is 23.6 Å². The van der Waals surface area contributed by atoms with Gasteiger partial charge in [-0.05, 0) is 58.3 Å². The molecule has 0 aromatic rings. The minimum Gasteiger partial charge on any atom is -0.480 e. The smallest absolute Gasteiger partial charge is 0.328 e. The van der Waals surface area contributed by atoms with Crippen molar-refractivity contribution in [1.82, 2.24) is 25.8 Å². The van der Waals surface area contributed by atoms with E-state index in [4.69, 9.17) is 28.0 Å². The molecule has 2 fully saturated rings. The van der Waals surface area contributed by atoms with Crippen LogP contribution in [0.3, 0.4) is 0 Å². The highest BCUT2D eigenvalue weighted by atomic mass is 16.4. The first kappa shape index (κ1) is 38.9. The average molecular weight is 667 g/mol. The van der Waals surface area contributed by atoms with Gasteiger partial charge in [0.25, 0.3) is 5.91 Å². The van der Waals surface area contributed by atoms with Gasteiger partial charge in [0, 0.05) is 25.7 Å². The maximum Gasteiger partial charge on any atom is 0.328 e. The van der Waals surface area contributed by atoms with Crippen LogP contribution in [0.2, 0.25) is 0 Å². The number of allylic oxidation sites excluding steroid dienone is 1. The Labute approximate surface area is 273 Å². The van der Waals surface area contributed by atoms with Gasteiger partial charge < -0.3 is 58.9 Å². The second-order valence-corrected chi connectivity index (χ2v) is 11.9. The summed E-state index contributed by atoms with van der Waals surface area (Å²) in [6.45, 7) is 4.66. The number of aliphatic hydroxyl groups is 1. The van der Waals surface area contributed by atoms with Crippen molar-refractivity contribution < 1.29 is 39.0 Å². The molecule has 13 N–H and O–H groups in total. The first-order chi connectivity index (χ1) is 22.1. The van der Waals surface area contributed by atoms with Gasteiger partial charge in [0.05, 0.1) is 12.6 Å². The lowest BCUT2D eigenvalue weighted by atomic mass is 9.96. The highest BCUT2D eigenvalue weighted by Crippen LogP contribution is 2.26. The Morgan fingerprint density at radius 1 is 0.957 bits per heavy atom. The summed E-state index contributed by atoms with van der Waals surface area (Å²) >= 11 is 0. The summed E-state index contributed by atoms with van der Waals surface area (Å²) in [6.07, 6.45) is 4.07. The number of nitrogens with two attached hydrogens (primary N) is 4. The van der Waals surface area contributed by atoms with Crippen LogP contribution >= 0.6 is 0 Å². The number of rotatable bonds is 15. The molecule has 18 heteroatoms. The van der Waals surface area contributed by atoms with Gasteiger partial charge >= 0.3 is 5.97 Å². The molecular weight excluding hydrogens is 616 g/mol. The van der Waals surface area contributed by atoms with Crippen LogP contribution in [-0.4, -0.2) is 124 Å². The van der Waals surface area contributed by atoms with Crippen molar-refractivity contribution in [2.45, 2.75) is 95.5 Å². The van der Waals surface area contributed by atoms with E-state index in [1.54, 1.807) is 13.8 Å². The summed E-state index contributed by atoms with van der Waals surface area (Å²) in [6, 6.07) is -6.43. The highest BCUT2D eigenvalue weighted by Gasteiger charge is 2.43. The first-order valence-electron chi connectivity index (χ1n) is 15.7. The quantitative estimate of drug-likeness (QED) is 0.0465. The van der Waals surface area contributed by atoms with E-state index in [0.717, 1.165) is 0 Å². The second-order valence-electron chi connectivity index (χ2n) is 11.9. The van der Waals surface area contributed by atoms with Gasteiger partial charge in [-0.25, -0.2) is 4.79 Å². The third-order valence-electron chi connectivity index (χ3n) is 8.37. The maximum absolute atomic E-state index is 13.9. The predicted molar refractivity (Wildman–Crippen MR) is 171 cm³/mol. The van der Waals surface area contributed by atoms with Crippen LogP contribution in [0.4, 0.5) is 0 Å². The van der Waals surface area contributed by atoms with Crippen LogP contribution in [0.25, 0.3) is 0 Å². The van der Waals surface area contributed by atoms with Crippen molar-refractivity contribution in [3.05, 3.63) is 11.8 Å². The van der Waals surface area contributed by atoms with E-state index in [1.807, 2.05) is 0 Å². The van der Waals surface area contributed by atoms with Crippen LogP contribution in [-0.2, 0) is 28.8 Å². The molecule has 47 heavy (non-hydrogen) atoms. The molecule has 0 spiro atoms. The molecule has 18 nitrogen and oxygen atoms in total. The van der Waals surface area contributed by atoms with Gasteiger partial charge in [0.1, 0.15) is 23.8 Å². The number of guanidine groups is 1. The number of aliphatic imine (C=N–C) groups is 1. The highest BCUT2D eigenvalue weighted by molar-refractivity contribution is 6.01. The van der Waals surface area contributed by atoms with Gasteiger partial charge in [-0.1, -0.05) is 13.0 Å². The van der Waals surface area contributed by atoms with Gasteiger partial charge in [-0.15, -0.1) is 0 Å². The van der Waals surface area contributed by atoms with Crippen LogP contribution < -0.4 is 38.9 Å². The van der Waals surface area contributed by atoms with Crippen molar-refractivity contribution in [3.8, 4) is 0 Å². The molecule has 0 saturated carbocycles. The molecule has 2 aliphatic heterocycles. The zero-order valence-electron chi connectivity index (χ0n) is 27.2. The number of amides is 5. The topological polar surface area (TPSA) is 302 Å². The average Bonchev–Trinajstić information content (AvgIpc) is 3.53. The Balaban J connectivity index is 2.17. The number of carbonyl (C=O) groups excluding carboxylic acids is 5. The summed E-state index contributed by atoms with van der Waals surface area (Å²) in [4.78, 5) is 84.6. The number of aliphatic carboxylic acids is 1. The van der Waals surface area contributed by atoms with E-state index in [-0.39, 0.29) is 37.2 Å².